The van der Waals surface area contributed by atoms with Gasteiger partial charge >= 0.3 is 5.97 Å². The Bertz CT molecular complexity index is 582. The van der Waals surface area contributed by atoms with Crippen LogP contribution in [0.5, 0.6) is 5.75 Å². The van der Waals surface area contributed by atoms with Crippen LogP contribution >= 0.6 is 0 Å². The number of esters is 1. The van der Waals surface area contributed by atoms with Crippen LogP contribution in [0.15, 0.2) is 48.8 Å². The molecule has 0 radical (unpaired) electrons. The summed E-state index contributed by atoms with van der Waals surface area (Å²) in [6.07, 6.45) is 2.65. The number of ether oxygens (including phenoxy) is 1. The number of carbonyl (C=O) groups excluding carboxylic acids is 2. The van der Waals surface area contributed by atoms with Gasteiger partial charge in [0.2, 0.25) is 5.91 Å². The number of hydrogen-bond acceptors (Lipinski definition) is 4. The maximum absolute atomic E-state index is 11.7. The fourth-order valence-corrected chi connectivity index (χ4v) is 1.35. The number of rotatable bonds is 3. The van der Waals surface area contributed by atoms with Crippen molar-refractivity contribution in [1.29, 1.82) is 0 Å². The van der Waals surface area contributed by atoms with E-state index in [4.69, 9.17) is 10.5 Å². The highest BCUT2D eigenvalue weighted by atomic mass is 16.5. The third-order valence-corrected chi connectivity index (χ3v) is 2.22. The molecule has 2 N–H and O–H groups in total. The molecule has 1 amide bonds. The third kappa shape index (κ3) is 2.70. The Kier molecular flexibility index (Phi) is 3.33. The molecule has 0 saturated heterocycles. The summed E-state index contributed by atoms with van der Waals surface area (Å²) < 4.78 is 5.08. The number of nitrogens with two attached hydrogens (primary N) is 1. The molecule has 2 aromatic rings. The first kappa shape index (κ1) is 11.8. The average Bonchev–Trinajstić information content (AvgIpc) is 2.40. The molecule has 0 aliphatic rings. The SMILES string of the molecule is NC(=O)c1cncc(OC(=O)c2ccccc2)c1. The Balaban J connectivity index is 2.17. The minimum Gasteiger partial charge on any atom is -0.421 e. The fraction of sp³-hybridized carbons (Fsp3) is 0. The first-order valence-corrected chi connectivity index (χ1v) is 5.19. The monoisotopic (exact) mass is 242 g/mol. The van der Waals surface area contributed by atoms with Crippen LogP contribution in [0.3, 0.4) is 0 Å². The lowest BCUT2D eigenvalue weighted by Gasteiger charge is -2.04. The molecule has 2 rings (SSSR count). The summed E-state index contributed by atoms with van der Waals surface area (Å²) in [6.45, 7) is 0. The van der Waals surface area contributed by atoms with Crippen LogP contribution in [-0.4, -0.2) is 16.9 Å². The van der Waals surface area contributed by atoms with E-state index in [0.29, 0.717) is 5.56 Å². The van der Waals surface area contributed by atoms with Crippen molar-refractivity contribution < 1.29 is 14.3 Å². The number of hydrogen-bond donors (Lipinski definition) is 1. The summed E-state index contributed by atoms with van der Waals surface area (Å²) in [6, 6.07) is 9.90. The van der Waals surface area contributed by atoms with Gasteiger partial charge in [0.05, 0.1) is 17.3 Å². The normalized spacial score (nSPS) is 9.78. The maximum Gasteiger partial charge on any atom is 0.343 e. The lowest BCUT2D eigenvalue weighted by atomic mass is 10.2. The molecule has 0 aliphatic carbocycles. The van der Waals surface area contributed by atoms with Gasteiger partial charge in [0.25, 0.3) is 0 Å². The number of carbonyl (C=O) groups is 2. The zero-order valence-electron chi connectivity index (χ0n) is 9.37. The second-order valence-corrected chi connectivity index (χ2v) is 3.53. The van der Waals surface area contributed by atoms with Crippen molar-refractivity contribution in [2.75, 3.05) is 0 Å². The lowest BCUT2D eigenvalue weighted by molar-refractivity contribution is 0.0733. The first-order valence-electron chi connectivity index (χ1n) is 5.19. The summed E-state index contributed by atoms with van der Waals surface area (Å²) in [4.78, 5) is 26.5. The van der Waals surface area contributed by atoms with Gasteiger partial charge in [-0.15, -0.1) is 0 Å². The molecule has 0 fully saturated rings. The number of benzene rings is 1. The van der Waals surface area contributed by atoms with Crippen LogP contribution < -0.4 is 10.5 Å². The Morgan fingerprint density at radius 1 is 1.06 bits per heavy atom. The van der Waals surface area contributed by atoms with E-state index in [1.807, 2.05) is 0 Å². The largest absolute Gasteiger partial charge is 0.421 e. The van der Waals surface area contributed by atoms with Gasteiger partial charge in [-0.3, -0.25) is 9.78 Å². The molecule has 90 valence electrons. The summed E-state index contributed by atoms with van der Waals surface area (Å²) in [7, 11) is 0. The zero-order valence-corrected chi connectivity index (χ0v) is 9.37. The van der Waals surface area contributed by atoms with E-state index in [-0.39, 0.29) is 11.3 Å². The Labute approximate surface area is 103 Å². The molecule has 0 bridgehead atoms. The van der Waals surface area contributed by atoms with Gasteiger partial charge < -0.3 is 10.5 Å². The predicted octanol–water partition coefficient (Wildman–Crippen LogP) is 1.40. The Morgan fingerprint density at radius 3 is 2.44 bits per heavy atom. The highest BCUT2D eigenvalue weighted by Gasteiger charge is 2.09. The molecular weight excluding hydrogens is 232 g/mol. The molecule has 0 atom stereocenters. The maximum atomic E-state index is 11.7. The highest BCUT2D eigenvalue weighted by Crippen LogP contribution is 2.13. The smallest absolute Gasteiger partial charge is 0.343 e. The van der Waals surface area contributed by atoms with Crippen molar-refractivity contribution in [3.63, 3.8) is 0 Å². The van der Waals surface area contributed by atoms with Gasteiger partial charge in [0.1, 0.15) is 5.75 Å². The van der Waals surface area contributed by atoms with Gasteiger partial charge in [0, 0.05) is 6.20 Å². The molecule has 1 heterocycles. The molecule has 18 heavy (non-hydrogen) atoms. The number of amides is 1. The molecule has 1 aromatic carbocycles. The van der Waals surface area contributed by atoms with Gasteiger partial charge in [-0.05, 0) is 18.2 Å². The molecule has 5 nitrogen and oxygen atoms in total. The predicted molar refractivity (Wildman–Crippen MR) is 64.2 cm³/mol. The van der Waals surface area contributed by atoms with E-state index < -0.39 is 11.9 Å². The molecule has 0 saturated carbocycles. The molecule has 0 aliphatic heterocycles. The van der Waals surface area contributed by atoms with E-state index in [1.165, 1.54) is 18.5 Å². The highest BCUT2D eigenvalue weighted by molar-refractivity contribution is 5.94. The van der Waals surface area contributed by atoms with Gasteiger partial charge in [-0.1, -0.05) is 18.2 Å². The molecule has 1 aromatic heterocycles. The Hall–Kier alpha value is -2.69. The van der Waals surface area contributed by atoms with Crippen LogP contribution in [-0.2, 0) is 0 Å². The number of nitrogens with zero attached hydrogens (tertiary/aromatic N) is 1. The summed E-state index contributed by atoms with van der Waals surface area (Å²) in [5, 5.41) is 0. The van der Waals surface area contributed by atoms with Crippen molar-refractivity contribution in [3.8, 4) is 5.75 Å². The fourth-order valence-electron chi connectivity index (χ4n) is 1.35. The summed E-state index contributed by atoms with van der Waals surface area (Å²) in [5.41, 5.74) is 5.71. The minimum absolute atomic E-state index is 0.181. The van der Waals surface area contributed by atoms with E-state index in [2.05, 4.69) is 4.98 Å². The number of pyridine rings is 1. The number of primary amides is 1. The van der Waals surface area contributed by atoms with Crippen molar-refractivity contribution >= 4 is 11.9 Å². The third-order valence-electron chi connectivity index (χ3n) is 2.22. The Morgan fingerprint density at radius 2 is 1.78 bits per heavy atom. The van der Waals surface area contributed by atoms with Crippen molar-refractivity contribution in [2.45, 2.75) is 0 Å². The van der Waals surface area contributed by atoms with E-state index in [0.717, 1.165) is 0 Å². The summed E-state index contributed by atoms with van der Waals surface area (Å²) >= 11 is 0. The van der Waals surface area contributed by atoms with Gasteiger partial charge in [0.15, 0.2) is 0 Å². The standard InChI is InChI=1S/C13H10N2O3/c14-12(16)10-6-11(8-15-7-10)18-13(17)9-4-2-1-3-5-9/h1-8H,(H2,14,16). The van der Waals surface area contributed by atoms with Crippen molar-refractivity contribution in [2.24, 2.45) is 5.73 Å². The van der Waals surface area contributed by atoms with Crippen LogP contribution in [0.1, 0.15) is 20.7 Å². The van der Waals surface area contributed by atoms with E-state index >= 15 is 0 Å². The van der Waals surface area contributed by atoms with Gasteiger partial charge in [-0.2, -0.15) is 0 Å². The van der Waals surface area contributed by atoms with Crippen LogP contribution in [0.4, 0.5) is 0 Å². The molecule has 0 unspecified atom stereocenters. The lowest BCUT2D eigenvalue weighted by Crippen LogP contribution is -2.13. The van der Waals surface area contributed by atoms with Crippen LogP contribution in [0, 0.1) is 0 Å². The second-order valence-electron chi connectivity index (χ2n) is 3.53. The van der Waals surface area contributed by atoms with Crippen molar-refractivity contribution in [3.05, 3.63) is 59.9 Å². The molecule has 5 heteroatoms. The molecule has 0 spiro atoms. The van der Waals surface area contributed by atoms with Crippen LogP contribution in [0.2, 0.25) is 0 Å². The minimum atomic E-state index is -0.625. The number of aromatic nitrogens is 1. The topological polar surface area (TPSA) is 82.3 Å². The van der Waals surface area contributed by atoms with Crippen molar-refractivity contribution in [1.82, 2.24) is 4.98 Å². The summed E-state index contributed by atoms with van der Waals surface area (Å²) in [5.74, 6) is -0.959. The van der Waals surface area contributed by atoms with Gasteiger partial charge in [-0.25, -0.2) is 4.79 Å². The van der Waals surface area contributed by atoms with Crippen LogP contribution in [0.25, 0.3) is 0 Å². The second kappa shape index (κ2) is 5.09. The molecular formula is C13H10N2O3. The quantitative estimate of drug-likeness (QED) is 0.825. The zero-order chi connectivity index (χ0) is 13.0. The van der Waals surface area contributed by atoms with E-state index in [1.54, 1.807) is 30.3 Å². The first-order chi connectivity index (χ1) is 8.66. The average molecular weight is 242 g/mol. The van der Waals surface area contributed by atoms with E-state index in [9.17, 15) is 9.59 Å².